The molecule has 0 radical (unpaired) electrons. The normalized spacial score (nSPS) is 14.7. The minimum Gasteiger partial charge on any atom is -0.481 e. The van der Waals surface area contributed by atoms with Gasteiger partial charge in [-0.25, -0.2) is 4.79 Å². The third kappa shape index (κ3) is 23.9. The summed E-state index contributed by atoms with van der Waals surface area (Å²) in [6.07, 6.45) is 0.729. The summed E-state index contributed by atoms with van der Waals surface area (Å²) in [5, 5.41) is 45.9. The van der Waals surface area contributed by atoms with E-state index in [4.69, 9.17) is 28.7 Å². The summed E-state index contributed by atoms with van der Waals surface area (Å²) in [6, 6.07) is -11.7. The van der Waals surface area contributed by atoms with Crippen molar-refractivity contribution in [2.75, 3.05) is 31.7 Å². The first-order valence-corrected chi connectivity index (χ1v) is 22.8. The third-order valence-corrected chi connectivity index (χ3v) is 10.4. The van der Waals surface area contributed by atoms with Gasteiger partial charge in [-0.1, -0.05) is 27.7 Å². The second-order valence-corrected chi connectivity index (χ2v) is 17.0. The highest BCUT2D eigenvalue weighted by molar-refractivity contribution is 7.98. The first kappa shape index (κ1) is 60.2. The number of nitrogens with one attached hydrogen (secondary N) is 7. The van der Waals surface area contributed by atoms with Crippen LogP contribution in [0.3, 0.4) is 0 Å². The van der Waals surface area contributed by atoms with Gasteiger partial charge in [0.1, 0.15) is 42.3 Å². The van der Waals surface area contributed by atoms with Crippen LogP contribution in [-0.4, -0.2) is 161 Å². The second kappa shape index (κ2) is 32.0. The van der Waals surface area contributed by atoms with E-state index < -0.39 is 145 Å². The van der Waals surface area contributed by atoms with Gasteiger partial charge in [0.2, 0.25) is 47.3 Å². The molecule has 0 aliphatic rings. The van der Waals surface area contributed by atoms with E-state index in [0.29, 0.717) is 18.6 Å². The van der Waals surface area contributed by atoms with Crippen LogP contribution in [-0.2, 0) is 47.9 Å². The molecule has 0 rings (SSSR count). The molecule has 0 bridgehead atoms. The topological polar surface area (TPSA) is 458 Å². The highest BCUT2D eigenvalue weighted by Crippen LogP contribution is 2.11. The Morgan fingerprint density at radius 3 is 1.50 bits per heavy atom. The number of hydrogen-bond donors (Lipinski definition) is 15. The summed E-state index contributed by atoms with van der Waals surface area (Å²) in [5.41, 5.74) is 27.6. The summed E-state index contributed by atoms with van der Waals surface area (Å²) in [7, 11) is 0. The van der Waals surface area contributed by atoms with Crippen molar-refractivity contribution in [2.24, 2.45) is 45.5 Å². The number of hydrogen-bond acceptors (Lipinski definition) is 15. The standard InChI is InChI=1S/C39H71N13O13S/c1-19(2)29(37(63)48-22(9-6-7-14-40)33(59)52-30(20(3)4)38(64)65)51-34(60)24(11-12-27(42)54)47-35(61)25(17-28(55)56)49-32(58)23(10-8-15-45-39(43)44)46-36(62)26(18-53)50-31(57)21(41)13-16-66-5/h19-26,29-30,53H,6-18,40-41H2,1-5H3,(H2,42,54)(H,46,62)(H,47,61)(H,48,63)(H,49,58)(H,50,57)(H,51,60)(H,52,59)(H,55,56)(H,64,65)(H4,43,44,45)/t21-,22-,23-,24-,25-,26-,29-,30-/m0/s1. The molecule has 8 amide bonds. The number of nitrogens with two attached hydrogens (primary N) is 5. The van der Waals surface area contributed by atoms with Gasteiger partial charge in [0.25, 0.3) is 0 Å². The molecule has 0 aromatic heterocycles. The number of aliphatic hydroxyl groups is 1. The molecular formula is C39H71N13O13S. The Labute approximate surface area is 387 Å². The van der Waals surface area contributed by atoms with Crippen LogP contribution >= 0.6 is 11.8 Å². The lowest BCUT2D eigenvalue weighted by Crippen LogP contribution is -2.61. The predicted octanol–water partition coefficient (Wildman–Crippen LogP) is -5.23. The largest absolute Gasteiger partial charge is 0.481 e. The Morgan fingerprint density at radius 1 is 0.576 bits per heavy atom. The Balaban J connectivity index is 6.58. The Kier molecular flexibility index (Phi) is 29.2. The van der Waals surface area contributed by atoms with Crippen molar-refractivity contribution < 1.29 is 63.3 Å². The number of thioether (sulfide) groups is 1. The molecule has 0 aliphatic carbocycles. The van der Waals surface area contributed by atoms with E-state index in [-0.39, 0.29) is 44.7 Å². The van der Waals surface area contributed by atoms with Gasteiger partial charge < -0.3 is 81.2 Å². The monoisotopic (exact) mass is 962 g/mol. The van der Waals surface area contributed by atoms with Crippen LogP contribution in [0.1, 0.15) is 85.5 Å². The van der Waals surface area contributed by atoms with E-state index in [1.165, 1.54) is 11.8 Å². The molecule has 0 aromatic rings. The number of aliphatic carboxylic acids is 2. The van der Waals surface area contributed by atoms with Crippen molar-refractivity contribution >= 4 is 76.9 Å². The summed E-state index contributed by atoms with van der Waals surface area (Å²) >= 11 is 1.43. The van der Waals surface area contributed by atoms with E-state index in [2.05, 4.69) is 42.2 Å². The maximum atomic E-state index is 13.8. The smallest absolute Gasteiger partial charge is 0.326 e. The maximum absolute atomic E-state index is 13.8. The van der Waals surface area contributed by atoms with Crippen LogP contribution < -0.4 is 65.9 Å². The molecule has 26 nitrogen and oxygen atoms in total. The molecule has 0 saturated heterocycles. The number of aliphatic hydroxyl groups excluding tert-OH is 1. The Bertz CT molecular complexity index is 1680. The number of carboxylic acids is 2. The van der Waals surface area contributed by atoms with Gasteiger partial charge in [-0.3, -0.25) is 48.1 Å². The molecular weight excluding hydrogens is 891 g/mol. The van der Waals surface area contributed by atoms with E-state index in [9.17, 15) is 63.3 Å². The second-order valence-electron chi connectivity index (χ2n) is 16.0. The van der Waals surface area contributed by atoms with Crippen molar-refractivity contribution in [3.05, 3.63) is 0 Å². The molecule has 0 fully saturated rings. The number of rotatable bonds is 34. The van der Waals surface area contributed by atoms with Crippen molar-refractivity contribution in [3.8, 4) is 0 Å². The number of guanidine groups is 1. The molecule has 376 valence electrons. The molecule has 27 heteroatoms. The van der Waals surface area contributed by atoms with Gasteiger partial charge in [-0.05, 0) is 75.3 Å². The lowest BCUT2D eigenvalue weighted by molar-refractivity contribution is -0.144. The van der Waals surface area contributed by atoms with Gasteiger partial charge in [0.15, 0.2) is 5.96 Å². The summed E-state index contributed by atoms with van der Waals surface area (Å²) in [4.78, 5) is 134. The quantitative estimate of drug-likeness (QED) is 0.0163. The van der Waals surface area contributed by atoms with Crippen molar-refractivity contribution in [2.45, 2.75) is 134 Å². The highest BCUT2D eigenvalue weighted by Gasteiger charge is 2.36. The molecule has 0 unspecified atom stereocenters. The average Bonchev–Trinajstić information content (AvgIpc) is 3.23. The van der Waals surface area contributed by atoms with Gasteiger partial charge in [-0.15, -0.1) is 0 Å². The number of unbranched alkanes of at least 4 members (excludes halogenated alkanes) is 1. The minimum absolute atomic E-state index is 0.0387. The zero-order valence-electron chi connectivity index (χ0n) is 38.1. The van der Waals surface area contributed by atoms with Crippen molar-refractivity contribution in [1.29, 1.82) is 0 Å². The molecule has 66 heavy (non-hydrogen) atoms. The van der Waals surface area contributed by atoms with E-state index in [1.54, 1.807) is 34.0 Å². The van der Waals surface area contributed by atoms with Crippen LogP contribution in [0.2, 0.25) is 0 Å². The molecule has 0 aromatic carbocycles. The highest BCUT2D eigenvalue weighted by atomic mass is 32.2. The average molecular weight is 962 g/mol. The lowest BCUT2D eigenvalue weighted by Gasteiger charge is -2.29. The number of carboxylic acid groups (broad SMARTS) is 2. The van der Waals surface area contributed by atoms with E-state index in [1.807, 2.05) is 0 Å². The maximum Gasteiger partial charge on any atom is 0.326 e. The van der Waals surface area contributed by atoms with Gasteiger partial charge in [-0.2, -0.15) is 11.8 Å². The summed E-state index contributed by atoms with van der Waals surface area (Å²) in [5.74, 6) is -11.6. The zero-order valence-corrected chi connectivity index (χ0v) is 38.9. The number of nitrogens with zero attached hydrogens (tertiary/aromatic N) is 1. The predicted molar refractivity (Wildman–Crippen MR) is 242 cm³/mol. The zero-order chi connectivity index (χ0) is 50.7. The molecule has 0 aliphatic heterocycles. The van der Waals surface area contributed by atoms with E-state index >= 15 is 0 Å². The number of carbonyl (C=O) groups is 10. The van der Waals surface area contributed by atoms with Crippen molar-refractivity contribution in [3.63, 3.8) is 0 Å². The van der Waals surface area contributed by atoms with Crippen LogP contribution in [0.15, 0.2) is 4.99 Å². The van der Waals surface area contributed by atoms with Gasteiger partial charge in [0, 0.05) is 13.0 Å². The van der Waals surface area contributed by atoms with Crippen LogP contribution in [0.4, 0.5) is 0 Å². The molecule has 0 heterocycles. The van der Waals surface area contributed by atoms with E-state index in [0.717, 1.165) is 0 Å². The first-order chi connectivity index (χ1) is 30.9. The van der Waals surface area contributed by atoms with Crippen LogP contribution in [0.25, 0.3) is 0 Å². The number of carbonyl (C=O) groups excluding carboxylic acids is 8. The Hall–Kier alpha value is -5.80. The fourth-order valence-electron chi connectivity index (χ4n) is 5.96. The number of aliphatic imine (C=N–C) groups is 1. The van der Waals surface area contributed by atoms with Gasteiger partial charge >= 0.3 is 11.9 Å². The summed E-state index contributed by atoms with van der Waals surface area (Å²) in [6.45, 7) is 5.58. The van der Waals surface area contributed by atoms with Crippen LogP contribution in [0, 0.1) is 11.8 Å². The number of amides is 8. The van der Waals surface area contributed by atoms with Crippen molar-refractivity contribution in [1.82, 2.24) is 37.2 Å². The molecule has 8 atom stereocenters. The van der Waals surface area contributed by atoms with Crippen LogP contribution in [0.5, 0.6) is 0 Å². The summed E-state index contributed by atoms with van der Waals surface area (Å²) < 4.78 is 0. The first-order valence-electron chi connectivity index (χ1n) is 21.4. The lowest BCUT2D eigenvalue weighted by atomic mass is 10.00. The molecule has 0 spiro atoms. The molecule has 0 saturated carbocycles. The van der Waals surface area contributed by atoms with Gasteiger partial charge in [0.05, 0.1) is 19.1 Å². The third-order valence-electron chi connectivity index (χ3n) is 9.74. The SMILES string of the molecule is CSCC[C@H](N)C(=O)N[C@@H](CO)C(=O)N[C@@H](CCCN=C(N)N)C(=O)N[C@@H](CC(=O)O)C(=O)N[C@@H](CCC(N)=O)C(=O)N[C@H](C(=O)N[C@@H](CCCCN)C(=O)N[C@H](C(=O)O)C(C)C)C(C)C. The fraction of sp³-hybridized carbons (Fsp3) is 0.718. The minimum atomic E-state index is -1.93. The Morgan fingerprint density at radius 2 is 1.03 bits per heavy atom. The number of primary amides is 1. The molecule has 20 N–H and O–H groups in total. The fourth-order valence-corrected chi connectivity index (χ4v) is 6.45.